The molecule has 0 heterocycles. The van der Waals surface area contributed by atoms with Crippen LogP contribution >= 0.6 is 0 Å². The van der Waals surface area contributed by atoms with Crippen LogP contribution in [0.4, 0.5) is 0 Å². The molecule has 4 heteroatoms. The van der Waals surface area contributed by atoms with Crippen LogP contribution in [0.5, 0.6) is 5.75 Å². The minimum atomic E-state index is -0.973. The predicted octanol–water partition coefficient (Wildman–Crippen LogP) is 3.40. The van der Waals surface area contributed by atoms with Crippen molar-refractivity contribution >= 4 is 5.97 Å². The molecule has 0 aliphatic carbocycles. The van der Waals surface area contributed by atoms with Gasteiger partial charge in [-0.15, -0.1) is 0 Å². The van der Waals surface area contributed by atoms with Crippen molar-refractivity contribution in [1.29, 1.82) is 0 Å². The molecule has 0 aromatic heterocycles. The highest BCUT2D eigenvalue weighted by atomic mass is 16.5. The van der Waals surface area contributed by atoms with Gasteiger partial charge in [-0.05, 0) is 30.5 Å². The minimum absolute atomic E-state index is 0.487. The van der Waals surface area contributed by atoms with Crippen LogP contribution in [0.25, 0.3) is 0 Å². The summed E-state index contributed by atoms with van der Waals surface area (Å²) >= 11 is 0. The molecule has 2 atom stereocenters. The lowest BCUT2D eigenvalue weighted by Crippen LogP contribution is -2.22. The maximum absolute atomic E-state index is 11.2. The summed E-state index contributed by atoms with van der Waals surface area (Å²) in [7, 11) is 0. The number of unbranched alkanes of at least 4 members (excludes halogenated alkanes) is 1. The summed E-state index contributed by atoms with van der Waals surface area (Å²) in [6, 6.07) is 7.01. The standard InChI is InChI=1S/C16H24O4/c1-3-5-6-14(16(18)19)15(17)12-7-9-13(10-8-12)20-11-4-2/h7-10,14-15,17H,3-6,11H2,1-2H3,(H,18,19). The molecule has 1 aromatic carbocycles. The molecule has 0 radical (unpaired) electrons. The van der Waals surface area contributed by atoms with Gasteiger partial charge in [-0.2, -0.15) is 0 Å². The first-order valence-corrected chi connectivity index (χ1v) is 7.23. The molecule has 20 heavy (non-hydrogen) atoms. The number of carboxylic acids is 1. The Labute approximate surface area is 120 Å². The molecule has 0 aliphatic heterocycles. The van der Waals surface area contributed by atoms with E-state index in [-0.39, 0.29) is 0 Å². The monoisotopic (exact) mass is 280 g/mol. The van der Waals surface area contributed by atoms with Crippen LogP contribution in [0.1, 0.15) is 51.2 Å². The summed E-state index contributed by atoms with van der Waals surface area (Å²) in [6.07, 6.45) is 2.16. The van der Waals surface area contributed by atoms with E-state index in [1.165, 1.54) is 0 Å². The predicted molar refractivity (Wildman–Crippen MR) is 77.8 cm³/mol. The van der Waals surface area contributed by atoms with Crippen LogP contribution in [0.2, 0.25) is 0 Å². The van der Waals surface area contributed by atoms with Crippen molar-refractivity contribution in [3.63, 3.8) is 0 Å². The summed E-state index contributed by atoms with van der Waals surface area (Å²) in [5.74, 6) is -0.960. The molecule has 0 amide bonds. The van der Waals surface area contributed by atoms with Crippen LogP contribution in [-0.2, 0) is 4.79 Å². The average molecular weight is 280 g/mol. The highest BCUT2D eigenvalue weighted by molar-refractivity contribution is 5.71. The van der Waals surface area contributed by atoms with Gasteiger partial charge in [0.2, 0.25) is 0 Å². The van der Waals surface area contributed by atoms with Crippen molar-refractivity contribution in [2.45, 2.75) is 45.6 Å². The third kappa shape index (κ3) is 4.85. The molecule has 2 unspecified atom stereocenters. The van der Waals surface area contributed by atoms with Gasteiger partial charge in [0, 0.05) is 0 Å². The zero-order valence-electron chi connectivity index (χ0n) is 12.2. The number of aliphatic hydroxyl groups excluding tert-OH is 1. The minimum Gasteiger partial charge on any atom is -0.494 e. The van der Waals surface area contributed by atoms with E-state index in [2.05, 4.69) is 0 Å². The Balaban J connectivity index is 2.73. The summed E-state index contributed by atoms with van der Waals surface area (Å²) in [6.45, 7) is 4.69. The fraction of sp³-hybridized carbons (Fsp3) is 0.562. The lowest BCUT2D eigenvalue weighted by Gasteiger charge is -2.19. The van der Waals surface area contributed by atoms with E-state index >= 15 is 0 Å². The summed E-state index contributed by atoms with van der Waals surface area (Å²) in [4.78, 5) is 11.2. The van der Waals surface area contributed by atoms with E-state index in [1.807, 2.05) is 13.8 Å². The fourth-order valence-electron chi connectivity index (χ4n) is 2.05. The summed E-state index contributed by atoms with van der Waals surface area (Å²) < 4.78 is 5.46. The third-order valence-corrected chi connectivity index (χ3v) is 3.26. The largest absolute Gasteiger partial charge is 0.494 e. The Hall–Kier alpha value is -1.55. The second-order valence-corrected chi connectivity index (χ2v) is 4.95. The molecule has 4 nitrogen and oxygen atoms in total. The lowest BCUT2D eigenvalue weighted by atomic mass is 9.91. The molecule has 0 fully saturated rings. The van der Waals surface area contributed by atoms with Gasteiger partial charge < -0.3 is 14.9 Å². The van der Waals surface area contributed by atoms with Crippen molar-refractivity contribution in [3.8, 4) is 5.75 Å². The number of hydrogen-bond donors (Lipinski definition) is 2. The maximum atomic E-state index is 11.2. The van der Waals surface area contributed by atoms with Gasteiger partial charge in [0.25, 0.3) is 0 Å². The fourth-order valence-corrected chi connectivity index (χ4v) is 2.05. The number of hydrogen-bond acceptors (Lipinski definition) is 3. The number of carboxylic acid groups (broad SMARTS) is 1. The quantitative estimate of drug-likeness (QED) is 0.727. The Morgan fingerprint density at radius 1 is 1.20 bits per heavy atom. The molecular weight excluding hydrogens is 256 g/mol. The first kappa shape index (κ1) is 16.5. The average Bonchev–Trinajstić information content (AvgIpc) is 2.45. The number of ether oxygens (including phenoxy) is 1. The van der Waals surface area contributed by atoms with E-state index in [0.29, 0.717) is 18.6 Å². The number of aliphatic carboxylic acids is 1. The Morgan fingerprint density at radius 3 is 2.35 bits per heavy atom. The SMILES string of the molecule is CCCCC(C(=O)O)C(O)c1ccc(OCCC)cc1. The molecule has 0 saturated heterocycles. The summed E-state index contributed by atoms with van der Waals surface area (Å²) in [5.41, 5.74) is 0.623. The van der Waals surface area contributed by atoms with Crippen molar-refractivity contribution in [2.75, 3.05) is 6.61 Å². The Morgan fingerprint density at radius 2 is 1.85 bits per heavy atom. The van der Waals surface area contributed by atoms with Crippen LogP contribution in [-0.4, -0.2) is 22.8 Å². The second kappa shape index (κ2) is 8.59. The van der Waals surface area contributed by atoms with E-state index < -0.39 is 18.0 Å². The zero-order chi connectivity index (χ0) is 15.0. The molecule has 1 rings (SSSR count). The van der Waals surface area contributed by atoms with Gasteiger partial charge in [0.15, 0.2) is 0 Å². The van der Waals surface area contributed by atoms with Gasteiger partial charge in [0.05, 0.1) is 18.6 Å². The van der Waals surface area contributed by atoms with Crippen molar-refractivity contribution in [3.05, 3.63) is 29.8 Å². The Bertz CT molecular complexity index is 399. The molecule has 2 N–H and O–H groups in total. The number of benzene rings is 1. The molecular formula is C16H24O4. The summed E-state index contributed by atoms with van der Waals surface area (Å²) in [5, 5.41) is 19.4. The highest BCUT2D eigenvalue weighted by Gasteiger charge is 2.27. The smallest absolute Gasteiger partial charge is 0.309 e. The van der Waals surface area contributed by atoms with Gasteiger partial charge in [-0.1, -0.05) is 38.8 Å². The van der Waals surface area contributed by atoms with Gasteiger partial charge in [0.1, 0.15) is 5.75 Å². The van der Waals surface area contributed by atoms with Crippen molar-refractivity contribution in [1.82, 2.24) is 0 Å². The van der Waals surface area contributed by atoms with Gasteiger partial charge in [-0.25, -0.2) is 0 Å². The first-order valence-electron chi connectivity index (χ1n) is 7.23. The molecule has 0 spiro atoms. The Kier molecular flexibility index (Phi) is 7.09. The van der Waals surface area contributed by atoms with Gasteiger partial charge >= 0.3 is 5.97 Å². The first-order chi connectivity index (χ1) is 9.60. The highest BCUT2D eigenvalue weighted by Crippen LogP contribution is 2.28. The van der Waals surface area contributed by atoms with E-state index in [1.54, 1.807) is 24.3 Å². The molecule has 0 saturated carbocycles. The topological polar surface area (TPSA) is 66.8 Å². The van der Waals surface area contributed by atoms with Crippen LogP contribution < -0.4 is 4.74 Å². The zero-order valence-corrected chi connectivity index (χ0v) is 12.2. The number of aliphatic hydroxyl groups is 1. The molecule has 0 aliphatic rings. The maximum Gasteiger partial charge on any atom is 0.309 e. The number of carbonyl (C=O) groups is 1. The van der Waals surface area contributed by atoms with E-state index in [4.69, 9.17) is 4.74 Å². The van der Waals surface area contributed by atoms with Crippen LogP contribution in [0, 0.1) is 5.92 Å². The molecule has 0 bridgehead atoms. The van der Waals surface area contributed by atoms with Crippen molar-refractivity contribution < 1.29 is 19.7 Å². The molecule has 1 aromatic rings. The second-order valence-electron chi connectivity index (χ2n) is 4.95. The normalized spacial score (nSPS) is 13.8. The van der Waals surface area contributed by atoms with E-state index in [9.17, 15) is 15.0 Å². The lowest BCUT2D eigenvalue weighted by molar-refractivity contribution is -0.146. The van der Waals surface area contributed by atoms with Crippen LogP contribution in [0.15, 0.2) is 24.3 Å². The third-order valence-electron chi connectivity index (χ3n) is 3.26. The van der Waals surface area contributed by atoms with E-state index in [0.717, 1.165) is 25.0 Å². The van der Waals surface area contributed by atoms with Gasteiger partial charge in [-0.3, -0.25) is 4.79 Å². The molecule has 112 valence electrons. The van der Waals surface area contributed by atoms with Crippen LogP contribution in [0.3, 0.4) is 0 Å². The van der Waals surface area contributed by atoms with Crippen molar-refractivity contribution in [2.24, 2.45) is 5.92 Å². The number of rotatable bonds is 9.